The molecule has 3 aromatic rings. The fourth-order valence-corrected chi connectivity index (χ4v) is 2.63. The number of hydrogen-bond acceptors (Lipinski definition) is 2. The second-order valence-electron chi connectivity index (χ2n) is 6.22. The van der Waals surface area contributed by atoms with Gasteiger partial charge in [0.15, 0.2) is 0 Å². The Balaban J connectivity index is 1.56. The molecule has 3 heteroatoms. The van der Waals surface area contributed by atoms with Crippen molar-refractivity contribution in [3.63, 3.8) is 0 Å². The maximum Gasteiger partial charge on any atom is 0.248 e. The van der Waals surface area contributed by atoms with Gasteiger partial charge in [-0.05, 0) is 53.5 Å². The maximum atomic E-state index is 12.1. The Kier molecular flexibility index (Phi) is 6.42. The van der Waals surface area contributed by atoms with Crippen molar-refractivity contribution in [3.05, 3.63) is 102 Å². The summed E-state index contributed by atoms with van der Waals surface area (Å²) >= 11 is 0. The third-order valence-corrected chi connectivity index (χ3v) is 4.16. The molecule has 3 rings (SSSR count). The largest absolute Gasteiger partial charge is 0.489 e. The minimum Gasteiger partial charge on any atom is -0.489 e. The van der Waals surface area contributed by atoms with Gasteiger partial charge >= 0.3 is 0 Å². The molecule has 0 fully saturated rings. The molecule has 0 aliphatic rings. The Hall–Kier alpha value is -3.33. The Labute approximate surface area is 160 Å². The second-order valence-corrected chi connectivity index (χ2v) is 6.22. The topological polar surface area (TPSA) is 38.3 Å². The number of aryl methyl sites for hydroxylation is 1. The monoisotopic (exact) mass is 357 g/mol. The van der Waals surface area contributed by atoms with Crippen molar-refractivity contribution >= 4 is 17.7 Å². The number of ether oxygens (including phenoxy) is 1. The zero-order valence-corrected chi connectivity index (χ0v) is 15.4. The van der Waals surface area contributed by atoms with E-state index in [2.05, 4.69) is 12.2 Å². The van der Waals surface area contributed by atoms with Gasteiger partial charge in [0.1, 0.15) is 12.4 Å². The van der Waals surface area contributed by atoms with Crippen LogP contribution < -0.4 is 10.1 Å². The van der Waals surface area contributed by atoms with Crippen molar-refractivity contribution in [2.24, 2.45) is 0 Å². The van der Waals surface area contributed by atoms with Crippen LogP contribution in [0, 0.1) is 0 Å². The Morgan fingerprint density at radius 2 is 1.70 bits per heavy atom. The van der Waals surface area contributed by atoms with Crippen molar-refractivity contribution in [3.8, 4) is 5.75 Å². The zero-order chi connectivity index (χ0) is 18.9. The number of amides is 1. The van der Waals surface area contributed by atoms with Crippen molar-refractivity contribution in [1.82, 2.24) is 0 Å². The molecule has 0 saturated heterocycles. The molecule has 3 aromatic carbocycles. The van der Waals surface area contributed by atoms with Crippen LogP contribution in [0.15, 0.2) is 84.9 Å². The fourth-order valence-electron chi connectivity index (χ4n) is 2.63. The lowest BCUT2D eigenvalue weighted by Crippen LogP contribution is -2.07. The molecule has 1 N–H and O–H groups in total. The number of carbonyl (C=O) groups is 1. The van der Waals surface area contributed by atoms with Crippen LogP contribution in [0.2, 0.25) is 0 Å². The van der Waals surface area contributed by atoms with Gasteiger partial charge in [-0.25, -0.2) is 0 Å². The third kappa shape index (κ3) is 5.86. The molecule has 0 radical (unpaired) electrons. The van der Waals surface area contributed by atoms with E-state index in [-0.39, 0.29) is 5.91 Å². The molecule has 0 saturated carbocycles. The standard InChI is InChI=1S/C24H23NO2/c1-2-19-11-14-22(15-12-19)25-24(26)16-13-20-9-6-10-23(17-20)27-18-21-7-4-3-5-8-21/h3-17H,2,18H2,1H3,(H,25,26)/b16-13+. The van der Waals surface area contributed by atoms with Crippen LogP contribution in [0.4, 0.5) is 5.69 Å². The quantitative estimate of drug-likeness (QED) is 0.569. The molecule has 0 aliphatic carbocycles. The summed E-state index contributed by atoms with van der Waals surface area (Å²) in [6.07, 6.45) is 4.30. The van der Waals surface area contributed by atoms with Crippen molar-refractivity contribution in [1.29, 1.82) is 0 Å². The van der Waals surface area contributed by atoms with Gasteiger partial charge in [0.25, 0.3) is 0 Å². The van der Waals surface area contributed by atoms with Gasteiger partial charge < -0.3 is 10.1 Å². The highest BCUT2D eigenvalue weighted by Crippen LogP contribution is 2.16. The van der Waals surface area contributed by atoms with Crippen molar-refractivity contribution in [2.45, 2.75) is 20.0 Å². The molecule has 0 bridgehead atoms. The van der Waals surface area contributed by atoms with Crippen LogP contribution in [-0.2, 0) is 17.8 Å². The summed E-state index contributed by atoms with van der Waals surface area (Å²) in [6, 6.07) is 25.6. The van der Waals surface area contributed by atoms with E-state index in [1.165, 1.54) is 11.6 Å². The molecular formula is C24H23NO2. The second kappa shape index (κ2) is 9.39. The molecule has 3 nitrogen and oxygen atoms in total. The van der Waals surface area contributed by atoms with Crippen molar-refractivity contribution in [2.75, 3.05) is 5.32 Å². The summed E-state index contributed by atoms with van der Waals surface area (Å²) in [6.45, 7) is 2.62. The highest BCUT2D eigenvalue weighted by molar-refractivity contribution is 6.01. The van der Waals surface area contributed by atoms with E-state index in [1.54, 1.807) is 6.08 Å². The van der Waals surface area contributed by atoms with Gasteiger partial charge in [0.2, 0.25) is 5.91 Å². The van der Waals surface area contributed by atoms with E-state index in [4.69, 9.17) is 4.74 Å². The highest BCUT2D eigenvalue weighted by atomic mass is 16.5. The summed E-state index contributed by atoms with van der Waals surface area (Å²) in [5.41, 5.74) is 4.07. The first-order chi connectivity index (χ1) is 13.2. The summed E-state index contributed by atoms with van der Waals surface area (Å²) in [7, 11) is 0. The summed E-state index contributed by atoms with van der Waals surface area (Å²) in [4.78, 5) is 12.1. The average molecular weight is 357 g/mol. The molecule has 0 spiro atoms. The Morgan fingerprint density at radius 1 is 0.926 bits per heavy atom. The lowest BCUT2D eigenvalue weighted by atomic mass is 10.1. The number of anilines is 1. The van der Waals surface area contributed by atoms with Gasteiger partial charge in [0, 0.05) is 11.8 Å². The van der Waals surface area contributed by atoms with E-state index >= 15 is 0 Å². The van der Waals surface area contributed by atoms with E-state index in [0.29, 0.717) is 6.61 Å². The smallest absolute Gasteiger partial charge is 0.248 e. The molecule has 0 atom stereocenters. The first kappa shape index (κ1) is 18.5. The van der Waals surface area contributed by atoms with Crippen LogP contribution in [0.1, 0.15) is 23.6 Å². The average Bonchev–Trinajstić information content (AvgIpc) is 2.72. The van der Waals surface area contributed by atoms with Gasteiger partial charge in [-0.1, -0.05) is 61.5 Å². The summed E-state index contributed by atoms with van der Waals surface area (Å²) < 4.78 is 5.82. The molecular weight excluding hydrogens is 334 g/mol. The molecule has 0 aliphatic heterocycles. The molecule has 1 amide bonds. The lowest BCUT2D eigenvalue weighted by Gasteiger charge is -2.07. The van der Waals surface area contributed by atoms with Gasteiger partial charge in [0.05, 0.1) is 0 Å². The SMILES string of the molecule is CCc1ccc(NC(=O)/C=C/c2cccc(OCc3ccccc3)c2)cc1. The van der Waals surface area contributed by atoms with Crippen molar-refractivity contribution < 1.29 is 9.53 Å². The fraction of sp³-hybridized carbons (Fsp3) is 0.125. The molecule has 136 valence electrons. The Bertz CT molecular complexity index is 899. The van der Waals surface area contributed by atoms with Gasteiger partial charge in [-0.15, -0.1) is 0 Å². The highest BCUT2D eigenvalue weighted by Gasteiger charge is 2.00. The van der Waals surface area contributed by atoms with Crippen LogP contribution in [-0.4, -0.2) is 5.91 Å². The predicted molar refractivity (Wildman–Crippen MR) is 111 cm³/mol. The predicted octanol–water partition coefficient (Wildman–Crippen LogP) is 5.48. The zero-order valence-electron chi connectivity index (χ0n) is 15.4. The first-order valence-electron chi connectivity index (χ1n) is 9.08. The first-order valence-corrected chi connectivity index (χ1v) is 9.08. The number of rotatable bonds is 7. The molecule has 0 unspecified atom stereocenters. The van der Waals surface area contributed by atoms with Crippen LogP contribution in [0.5, 0.6) is 5.75 Å². The number of carbonyl (C=O) groups excluding carboxylic acids is 1. The normalized spacial score (nSPS) is 10.7. The van der Waals surface area contributed by atoms with Gasteiger partial charge in [-0.2, -0.15) is 0 Å². The molecule has 0 aromatic heterocycles. The van der Waals surface area contributed by atoms with E-state index in [0.717, 1.165) is 29.0 Å². The summed E-state index contributed by atoms with van der Waals surface area (Å²) in [5, 5.41) is 2.87. The Morgan fingerprint density at radius 3 is 2.44 bits per heavy atom. The lowest BCUT2D eigenvalue weighted by molar-refractivity contribution is -0.111. The maximum absolute atomic E-state index is 12.1. The third-order valence-electron chi connectivity index (χ3n) is 4.16. The van der Waals surface area contributed by atoms with Gasteiger partial charge in [-0.3, -0.25) is 4.79 Å². The van der Waals surface area contributed by atoms with Crippen LogP contribution in [0.25, 0.3) is 6.08 Å². The molecule has 0 heterocycles. The van der Waals surface area contributed by atoms with E-state index in [1.807, 2.05) is 78.9 Å². The number of nitrogens with one attached hydrogen (secondary N) is 1. The van der Waals surface area contributed by atoms with Crippen LogP contribution in [0.3, 0.4) is 0 Å². The van der Waals surface area contributed by atoms with E-state index in [9.17, 15) is 4.79 Å². The minimum atomic E-state index is -0.158. The number of benzene rings is 3. The number of hydrogen-bond donors (Lipinski definition) is 1. The van der Waals surface area contributed by atoms with E-state index < -0.39 is 0 Å². The van der Waals surface area contributed by atoms with Crippen LogP contribution >= 0.6 is 0 Å². The molecule has 27 heavy (non-hydrogen) atoms. The minimum absolute atomic E-state index is 0.158. The summed E-state index contributed by atoms with van der Waals surface area (Å²) in [5.74, 6) is 0.617.